The van der Waals surface area contributed by atoms with Crippen molar-refractivity contribution in [2.75, 3.05) is 11.7 Å². The summed E-state index contributed by atoms with van der Waals surface area (Å²) >= 11 is 1.64. The van der Waals surface area contributed by atoms with Crippen LogP contribution in [-0.2, 0) is 5.75 Å². The van der Waals surface area contributed by atoms with Crippen LogP contribution in [0, 0.1) is 6.92 Å². The Hall–Kier alpha value is -3.40. The fourth-order valence-corrected chi connectivity index (χ4v) is 5.91. The summed E-state index contributed by atoms with van der Waals surface area (Å²) in [4.78, 5) is 27.0. The summed E-state index contributed by atoms with van der Waals surface area (Å²) in [6, 6.07) is 11.9. The maximum absolute atomic E-state index is 13.8. The number of benzene rings is 2. The number of aromatic hydroxyl groups is 1. The predicted molar refractivity (Wildman–Crippen MR) is 126 cm³/mol. The van der Waals surface area contributed by atoms with E-state index in [1.807, 2.05) is 49.4 Å². The first-order chi connectivity index (χ1) is 16.6. The first-order valence-corrected chi connectivity index (χ1v) is 12.0. The summed E-state index contributed by atoms with van der Waals surface area (Å²) in [6.45, 7) is 2.49. The van der Waals surface area contributed by atoms with Crippen LogP contribution in [0.1, 0.15) is 45.7 Å². The molecule has 5 rings (SSSR count). The molecular formula is C25H22F3N3O3S. The fraction of sp³-hybridized carbons (Fsp3) is 0.280. The lowest BCUT2D eigenvalue weighted by molar-refractivity contribution is -0.173. The van der Waals surface area contributed by atoms with Crippen molar-refractivity contribution in [2.24, 2.45) is 0 Å². The summed E-state index contributed by atoms with van der Waals surface area (Å²) in [5.41, 5.74) is 2.53. The highest BCUT2D eigenvalue weighted by Gasteiger charge is 2.47. The molecule has 0 radical (unpaired) electrons. The van der Waals surface area contributed by atoms with Gasteiger partial charge in [-0.3, -0.25) is 19.3 Å². The lowest BCUT2D eigenvalue weighted by atomic mass is 9.92. The van der Waals surface area contributed by atoms with Gasteiger partial charge in [-0.05, 0) is 42.2 Å². The van der Waals surface area contributed by atoms with Gasteiger partial charge in [0.15, 0.2) is 11.4 Å². The molecule has 10 heteroatoms. The summed E-state index contributed by atoms with van der Waals surface area (Å²) in [7, 11) is 0. The lowest BCUT2D eigenvalue weighted by Crippen LogP contribution is -2.60. The molecule has 1 N–H and O–H groups in total. The van der Waals surface area contributed by atoms with Gasteiger partial charge < -0.3 is 10.0 Å². The van der Waals surface area contributed by atoms with E-state index < -0.39 is 47.7 Å². The number of carbonyl (C=O) groups excluding carboxylic acids is 1. The largest absolute Gasteiger partial charge is 0.502 e. The van der Waals surface area contributed by atoms with E-state index in [0.29, 0.717) is 10.7 Å². The van der Waals surface area contributed by atoms with Gasteiger partial charge in [-0.1, -0.05) is 36.4 Å². The van der Waals surface area contributed by atoms with Crippen LogP contribution in [0.5, 0.6) is 5.75 Å². The molecule has 0 saturated carbocycles. The quantitative estimate of drug-likeness (QED) is 0.558. The van der Waals surface area contributed by atoms with Gasteiger partial charge in [-0.2, -0.15) is 13.2 Å². The van der Waals surface area contributed by atoms with E-state index in [9.17, 15) is 27.9 Å². The standard InChI is InChI=1S/C25H22F3N3O3S/c1-14-6-5-8-16-18(14)12-35-20-9-4-3-7-17(20)21(16)31-13-29(15(2)25(26,27)28)24(34)22-23(33)19(32)10-11-30(22)31/h3-11,15,21,33H,12-13H2,1-2H3/t15?,21-/m0/s1. The SMILES string of the molecule is Cc1cccc2c1CSc1ccccc1[C@H]2N1CN(C(C)C(F)(F)F)C(=O)c2c(O)c(=O)ccn21. The number of amides is 1. The van der Waals surface area contributed by atoms with E-state index in [4.69, 9.17) is 0 Å². The molecule has 2 atom stereocenters. The molecule has 1 unspecified atom stereocenters. The van der Waals surface area contributed by atoms with E-state index >= 15 is 0 Å². The van der Waals surface area contributed by atoms with Crippen LogP contribution < -0.4 is 10.4 Å². The normalized spacial score (nSPS) is 18.4. The number of nitrogens with zero attached hydrogens (tertiary/aromatic N) is 3. The minimum absolute atomic E-state index is 0.397. The maximum Gasteiger partial charge on any atom is 0.408 e. The Morgan fingerprint density at radius 3 is 2.51 bits per heavy atom. The molecule has 2 aliphatic rings. The van der Waals surface area contributed by atoms with Crippen LogP contribution >= 0.6 is 11.8 Å². The topological polar surface area (TPSA) is 65.8 Å². The number of pyridine rings is 1. The number of fused-ring (bicyclic) bond motifs is 3. The number of alkyl halides is 3. The Morgan fingerprint density at radius 2 is 1.77 bits per heavy atom. The average molecular weight is 502 g/mol. The second kappa shape index (κ2) is 8.37. The second-order valence-corrected chi connectivity index (χ2v) is 9.68. The number of aryl methyl sites for hydroxylation is 1. The van der Waals surface area contributed by atoms with Gasteiger partial charge in [0.2, 0.25) is 5.43 Å². The van der Waals surface area contributed by atoms with Crippen LogP contribution in [0.25, 0.3) is 0 Å². The third-order valence-corrected chi connectivity index (χ3v) is 7.77. The molecule has 0 fully saturated rings. The zero-order valence-electron chi connectivity index (χ0n) is 18.9. The Bertz CT molecular complexity index is 1390. The van der Waals surface area contributed by atoms with Gasteiger partial charge in [0.1, 0.15) is 12.7 Å². The Balaban J connectivity index is 1.79. The number of carbonyl (C=O) groups is 1. The summed E-state index contributed by atoms with van der Waals surface area (Å²) < 4.78 is 42.7. The Labute approximate surface area is 203 Å². The van der Waals surface area contributed by atoms with Crippen LogP contribution in [0.15, 0.2) is 64.4 Å². The lowest BCUT2D eigenvalue weighted by Gasteiger charge is -2.46. The van der Waals surface area contributed by atoms with Crippen molar-refractivity contribution in [3.63, 3.8) is 0 Å². The zero-order valence-corrected chi connectivity index (χ0v) is 19.7. The molecule has 6 nitrogen and oxygen atoms in total. The summed E-state index contributed by atoms with van der Waals surface area (Å²) in [5.74, 6) is -1.25. The molecule has 0 aliphatic carbocycles. The van der Waals surface area contributed by atoms with E-state index in [-0.39, 0.29) is 0 Å². The summed E-state index contributed by atoms with van der Waals surface area (Å²) in [5, 5.41) is 12.1. The molecule has 0 bridgehead atoms. The van der Waals surface area contributed by atoms with Crippen LogP contribution in [0.2, 0.25) is 0 Å². The minimum Gasteiger partial charge on any atom is -0.502 e. The molecule has 3 heterocycles. The van der Waals surface area contributed by atoms with Crippen LogP contribution in [0.3, 0.4) is 0 Å². The molecular weight excluding hydrogens is 479 g/mol. The summed E-state index contributed by atoms with van der Waals surface area (Å²) in [6.07, 6.45) is -3.36. The highest BCUT2D eigenvalue weighted by Crippen LogP contribution is 2.44. The average Bonchev–Trinajstić information content (AvgIpc) is 2.98. The molecule has 35 heavy (non-hydrogen) atoms. The van der Waals surface area contributed by atoms with E-state index in [0.717, 1.165) is 40.1 Å². The van der Waals surface area contributed by atoms with E-state index in [1.165, 1.54) is 10.9 Å². The number of thioether (sulfide) groups is 1. The molecule has 0 spiro atoms. The van der Waals surface area contributed by atoms with Crippen LogP contribution in [-0.4, -0.2) is 39.5 Å². The Kier molecular flexibility index (Phi) is 5.58. The highest BCUT2D eigenvalue weighted by atomic mass is 32.2. The fourth-order valence-electron chi connectivity index (χ4n) is 4.69. The highest BCUT2D eigenvalue weighted by molar-refractivity contribution is 7.98. The van der Waals surface area contributed by atoms with Gasteiger partial charge in [-0.25, -0.2) is 0 Å². The maximum atomic E-state index is 13.8. The molecule has 2 aliphatic heterocycles. The van der Waals surface area contributed by atoms with Crippen molar-refractivity contribution < 1.29 is 23.1 Å². The predicted octanol–water partition coefficient (Wildman–Crippen LogP) is 4.56. The zero-order chi connectivity index (χ0) is 25.1. The first kappa shape index (κ1) is 23.3. The van der Waals surface area contributed by atoms with Gasteiger partial charge in [0, 0.05) is 22.9 Å². The Morgan fingerprint density at radius 1 is 1.06 bits per heavy atom. The molecule has 2 aromatic carbocycles. The minimum atomic E-state index is -4.69. The van der Waals surface area contributed by atoms with Gasteiger partial charge >= 0.3 is 6.18 Å². The van der Waals surface area contributed by atoms with Crippen molar-refractivity contribution in [2.45, 2.75) is 42.8 Å². The number of rotatable bonds is 2. The molecule has 0 saturated heterocycles. The van der Waals surface area contributed by atoms with Gasteiger partial charge in [0.05, 0.1) is 6.04 Å². The second-order valence-electron chi connectivity index (χ2n) is 8.67. The van der Waals surface area contributed by atoms with Crippen molar-refractivity contribution in [1.82, 2.24) is 9.58 Å². The molecule has 1 amide bonds. The number of hydrogen-bond acceptors (Lipinski definition) is 5. The third-order valence-electron chi connectivity index (χ3n) is 6.66. The third kappa shape index (κ3) is 3.76. The van der Waals surface area contributed by atoms with Crippen LogP contribution in [0.4, 0.5) is 13.2 Å². The smallest absolute Gasteiger partial charge is 0.408 e. The number of aromatic nitrogens is 1. The van der Waals surface area contributed by atoms with Crippen molar-refractivity contribution in [3.8, 4) is 5.75 Å². The van der Waals surface area contributed by atoms with Crippen molar-refractivity contribution in [3.05, 3.63) is 92.9 Å². The first-order valence-electron chi connectivity index (χ1n) is 11.0. The van der Waals surface area contributed by atoms with E-state index in [1.54, 1.807) is 16.8 Å². The van der Waals surface area contributed by atoms with Crippen molar-refractivity contribution >= 4 is 17.7 Å². The monoisotopic (exact) mass is 501 g/mol. The van der Waals surface area contributed by atoms with Gasteiger partial charge in [-0.15, -0.1) is 11.8 Å². The van der Waals surface area contributed by atoms with Gasteiger partial charge in [0.25, 0.3) is 5.91 Å². The van der Waals surface area contributed by atoms with E-state index in [2.05, 4.69) is 0 Å². The molecule has 3 aromatic rings. The molecule has 1 aromatic heterocycles. The van der Waals surface area contributed by atoms with Crippen molar-refractivity contribution in [1.29, 1.82) is 0 Å². The number of halogens is 3. The molecule has 182 valence electrons. The number of hydrogen-bond donors (Lipinski definition) is 1.